The maximum atomic E-state index is 13.9. The van der Waals surface area contributed by atoms with Crippen LogP contribution in [0.4, 0.5) is 11.6 Å². The van der Waals surface area contributed by atoms with Crippen molar-refractivity contribution in [1.29, 1.82) is 0 Å². The van der Waals surface area contributed by atoms with Crippen molar-refractivity contribution in [2.45, 2.75) is 26.4 Å². The number of rotatable bonds is 8. The number of halogens is 1. The minimum Gasteiger partial charge on any atom is -0.497 e. The molecule has 1 aliphatic rings. The fraction of sp³-hybridized carbons (Fsp3) is 0.212. The summed E-state index contributed by atoms with van der Waals surface area (Å²) in [6, 6.07) is 24.2. The maximum absolute atomic E-state index is 13.9. The molecule has 6 rings (SSSR count). The number of benzene rings is 3. The zero-order valence-corrected chi connectivity index (χ0v) is 24.9. The number of amides is 1. The number of hydrogen-bond acceptors (Lipinski definition) is 7. The zero-order chi connectivity index (χ0) is 30.1. The smallest absolute Gasteiger partial charge is 0.264 e. The third-order valence-corrected chi connectivity index (χ3v) is 8.03. The van der Waals surface area contributed by atoms with Crippen molar-refractivity contribution < 1.29 is 9.53 Å². The first-order chi connectivity index (χ1) is 20.9. The van der Waals surface area contributed by atoms with E-state index in [4.69, 9.17) is 16.3 Å². The Balaban J connectivity index is 1.42. The van der Waals surface area contributed by atoms with Crippen molar-refractivity contribution in [2.75, 3.05) is 30.5 Å². The van der Waals surface area contributed by atoms with E-state index in [1.165, 1.54) is 6.33 Å². The van der Waals surface area contributed by atoms with E-state index in [0.29, 0.717) is 58.7 Å². The minimum absolute atomic E-state index is 0.149. The van der Waals surface area contributed by atoms with Crippen LogP contribution in [-0.4, -0.2) is 45.7 Å². The predicted molar refractivity (Wildman–Crippen MR) is 169 cm³/mol. The molecule has 0 radical (unpaired) electrons. The number of methoxy groups -OCH3 is 1. The van der Waals surface area contributed by atoms with Gasteiger partial charge in [-0.1, -0.05) is 54.1 Å². The van der Waals surface area contributed by atoms with Gasteiger partial charge in [-0.05, 0) is 61.2 Å². The van der Waals surface area contributed by atoms with Crippen LogP contribution in [-0.2, 0) is 6.54 Å². The number of nitrogens with one attached hydrogen (secondary N) is 1. The average molecular weight is 595 g/mol. The predicted octanol–water partition coefficient (Wildman–Crippen LogP) is 6.06. The van der Waals surface area contributed by atoms with Gasteiger partial charge in [-0.3, -0.25) is 14.2 Å². The lowest BCUT2D eigenvalue weighted by Gasteiger charge is -2.37. The highest BCUT2D eigenvalue weighted by molar-refractivity contribution is 6.35. The van der Waals surface area contributed by atoms with Crippen molar-refractivity contribution >= 4 is 39.9 Å². The first-order valence-electron chi connectivity index (χ1n) is 14.1. The fourth-order valence-corrected chi connectivity index (χ4v) is 5.78. The molecular formula is C33H31ClN6O3. The molecule has 0 spiro atoms. The van der Waals surface area contributed by atoms with Crippen LogP contribution in [0.15, 0.2) is 90.0 Å². The Labute approximate surface area is 254 Å². The van der Waals surface area contributed by atoms with Crippen LogP contribution in [0, 0.1) is 0 Å². The van der Waals surface area contributed by atoms with Gasteiger partial charge in [0, 0.05) is 24.5 Å². The maximum Gasteiger partial charge on any atom is 0.264 e. The van der Waals surface area contributed by atoms with Gasteiger partial charge in [-0.15, -0.1) is 0 Å². The monoisotopic (exact) mass is 594 g/mol. The van der Waals surface area contributed by atoms with E-state index < -0.39 is 6.04 Å². The third-order valence-electron chi connectivity index (χ3n) is 7.72. The highest BCUT2D eigenvalue weighted by Gasteiger charge is 2.33. The Hall–Kier alpha value is -4.89. The van der Waals surface area contributed by atoms with Gasteiger partial charge < -0.3 is 19.9 Å². The molecule has 2 aromatic heterocycles. The van der Waals surface area contributed by atoms with Gasteiger partial charge in [0.05, 0.1) is 30.2 Å². The summed E-state index contributed by atoms with van der Waals surface area (Å²) in [7, 11) is 1.64. The quantitative estimate of drug-likeness (QED) is 0.234. The Morgan fingerprint density at radius 1 is 0.977 bits per heavy atom. The van der Waals surface area contributed by atoms with Crippen molar-refractivity contribution in [1.82, 2.24) is 19.4 Å². The second-order valence-corrected chi connectivity index (χ2v) is 10.8. The Morgan fingerprint density at radius 2 is 1.74 bits per heavy atom. The number of fused-ring (bicyclic) bond motifs is 2. The van der Waals surface area contributed by atoms with E-state index in [0.717, 1.165) is 16.7 Å². The molecule has 1 N–H and O–H groups in total. The number of para-hydroxylation sites is 1. The molecule has 9 nitrogen and oxygen atoms in total. The average Bonchev–Trinajstić information content (AvgIpc) is 3.03. The summed E-state index contributed by atoms with van der Waals surface area (Å²) in [6.07, 6.45) is 1.47. The largest absolute Gasteiger partial charge is 0.497 e. The van der Waals surface area contributed by atoms with Gasteiger partial charge >= 0.3 is 0 Å². The molecular weight excluding hydrogens is 564 g/mol. The van der Waals surface area contributed by atoms with E-state index in [1.54, 1.807) is 22.6 Å². The van der Waals surface area contributed by atoms with Crippen LogP contribution >= 0.6 is 11.6 Å². The molecule has 1 aliphatic heterocycles. The normalized spacial score (nSPS) is 13.6. The topological polar surface area (TPSA) is 92.6 Å². The molecule has 0 bridgehead atoms. The van der Waals surface area contributed by atoms with Gasteiger partial charge in [0.25, 0.3) is 11.5 Å². The first kappa shape index (κ1) is 28.2. The minimum atomic E-state index is -0.421. The van der Waals surface area contributed by atoms with Crippen molar-refractivity contribution in [3.05, 3.63) is 117 Å². The van der Waals surface area contributed by atoms with Crippen molar-refractivity contribution in [3.63, 3.8) is 0 Å². The molecule has 1 atom stereocenters. The SMILES string of the molecule is CCN1CN(Cc2ccc(OC)cc2)c2ncnc(NC(C)c3cc4cccc(Cl)c4c(=O)n3-c3ccccc3)c2C1=O. The Morgan fingerprint density at radius 3 is 2.47 bits per heavy atom. The van der Waals surface area contributed by atoms with Crippen LogP contribution in [0.25, 0.3) is 16.5 Å². The molecule has 43 heavy (non-hydrogen) atoms. The molecule has 1 amide bonds. The molecule has 218 valence electrons. The van der Waals surface area contributed by atoms with E-state index in [1.807, 2.05) is 86.6 Å². The number of carbonyl (C=O) groups excluding carboxylic acids is 1. The van der Waals surface area contributed by atoms with Crippen molar-refractivity contribution in [3.8, 4) is 11.4 Å². The van der Waals surface area contributed by atoms with E-state index in [9.17, 15) is 9.59 Å². The number of anilines is 2. The summed E-state index contributed by atoms with van der Waals surface area (Å²) in [6.45, 7) is 5.37. The summed E-state index contributed by atoms with van der Waals surface area (Å²) in [5.41, 5.74) is 2.64. The number of pyridine rings is 1. The van der Waals surface area contributed by atoms with Gasteiger partial charge in [-0.25, -0.2) is 9.97 Å². The fourth-order valence-electron chi connectivity index (χ4n) is 5.52. The zero-order valence-electron chi connectivity index (χ0n) is 24.1. The molecule has 10 heteroatoms. The van der Waals surface area contributed by atoms with E-state index >= 15 is 0 Å². The molecule has 5 aromatic rings. The van der Waals surface area contributed by atoms with Crippen LogP contribution < -0.4 is 20.5 Å². The van der Waals surface area contributed by atoms with Gasteiger partial charge in [0.15, 0.2) is 0 Å². The van der Waals surface area contributed by atoms with Crippen LogP contribution in [0.2, 0.25) is 5.02 Å². The number of carbonyl (C=O) groups is 1. The van der Waals surface area contributed by atoms with Gasteiger partial charge in [-0.2, -0.15) is 0 Å². The summed E-state index contributed by atoms with van der Waals surface area (Å²) < 4.78 is 6.97. The summed E-state index contributed by atoms with van der Waals surface area (Å²) >= 11 is 6.49. The highest BCUT2D eigenvalue weighted by atomic mass is 35.5. The first-order valence-corrected chi connectivity index (χ1v) is 14.5. The van der Waals surface area contributed by atoms with Crippen LogP contribution in [0.1, 0.15) is 41.5 Å². The Kier molecular flexibility index (Phi) is 7.73. The van der Waals surface area contributed by atoms with Crippen LogP contribution in [0.3, 0.4) is 0 Å². The molecule has 0 saturated carbocycles. The third kappa shape index (κ3) is 5.28. The lowest BCUT2D eigenvalue weighted by Crippen LogP contribution is -2.47. The molecule has 3 heterocycles. The lowest BCUT2D eigenvalue weighted by atomic mass is 10.1. The second-order valence-electron chi connectivity index (χ2n) is 10.4. The highest BCUT2D eigenvalue weighted by Crippen LogP contribution is 2.33. The lowest BCUT2D eigenvalue weighted by molar-refractivity contribution is 0.0748. The molecule has 1 unspecified atom stereocenters. The van der Waals surface area contributed by atoms with E-state index in [2.05, 4.69) is 20.2 Å². The van der Waals surface area contributed by atoms with Crippen LogP contribution in [0.5, 0.6) is 5.75 Å². The number of ether oxygens (including phenoxy) is 1. The number of hydrogen-bond donors (Lipinski definition) is 1. The number of aromatic nitrogens is 3. The summed E-state index contributed by atoms with van der Waals surface area (Å²) in [4.78, 5) is 40.5. The standard InChI is InChI=1S/C33H31ClN6O3/c1-4-38-20-39(18-22-13-15-25(43-3)16-14-22)31-29(32(38)41)30(35-19-36-31)37-21(2)27-17-23-9-8-12-26(34)28(23)33(42)40(27)24-10-6-5-7-11-24/h5-17,19,21H,4,18,20H2,1-3H3,(H,35,36,37). The molecule has 3 aromatic carbocycles. The molecule has 0 fully saturated rings. The van der Waals surface area contributed by atoms with E-state index in [-0.39, 0.29) is 11.5 Å². The summed E-state index contributed by atoms with van der Waals surface area (Å²) in [5.74, 6) is 1.59. The Bertz CT molecular complexity index is 1860. The summed E-state index contributed by atoms with van der Waals surface area (Å²) in [5, 5.41) is 5.02. The van der Waals surface area contributed by atoms with Gasteiger partial charge in [0.1, 0.15) is 29.3 Å². The molecule has 0 aliphatic carbocycles. The number of nitrogens with zero attached hydrogens (tertiary/aromatic N) is 5. The van der Waals surface area contributed by atoms with Crippen molar-refractivity contribution in [2.24, 2.45) is 0 Å². The molecule has 0 saturated heterocycles. The second kappa shape index (κ2) is 11.8. The van der Waals surface area contributed by atoms with Gasteiger partial charge in [0.2, 0.25) is 0 Å².